The van der Waals surface area contributed by atoms with E-state index in [1.165, 1.54) is 0 Å². The van der Waals surface area contributed by atoms with Crippen LogP contribution in [0.2, 0.25) is 0 Å². The Labute approximate surface area is 221 Å². The molecule has 0 radical (unpaired) electrons. The van der Waals surface area contributed by atoms with Gasteiger partial charge in [-0.15, -0.1) is 0 Å². The Morgan fingerprint density at radius 3 is 2.39 bits per heavy atom. The van der Waals surface area contributed by atoms with E-state index in [1.54, 1.807) is 24.3 Å². The van der Waals surface area contributed by atoms with Crippen molar-refractivity contribution < 1.29 is 19.5 Å². The highest BCUT2D eigenvalue weighted by Gasteiger charge is 2.30. The third kappa shape index (κ3) is 5.52. The first kappa shape index (κ1) is 25.0. The molecule has 0 spiro atoms. The fraction of sp³-hybridized carbons (Fsp3) is 0.194. The quantitative estimate of drug-likeness (QED) is 0.281. The number of amides is 3. The van der Waals surface area contributed by atoms with Crippen molar-refractivity contribution in [2.75, 3.05) is 17.2 Å². The second-order valence-electron chi connectivity index (χ2n) is 9.64. The third-order valence-electron chi connectivity index (χ3n) is 7.03. The number of benzene rings is 4. The smallest absolute Gasteiger partial charge is 0.335 e. The second kappa shape index (κ2) is 10.8. The van der Waals surface area contributed by atoms with Crippen LogP contribution in [-0.4, -0.2) is 34.5 Å². The van der Waals surface area contributed by atoms with Crippen molar-refractivity contribution in [2.45, 2.75) is 32.2 Å². The van der Waals surface area contributed by atoms with Gasteiger partial charge in [0.25, 0.3) is 0 Å². The Morgan fingerprint density at radius 2 is 1.63 bits per heavy atom. The van der Waals surface area contributed by atoms with Gasteiger partial charge in [-0.1, -0.05) is 48.5 Å². The van der Waals surface area contributed by atoms with E-state index in [4.69, 9.17) is 0 Å². The number of hydrogen-bond acceptors (Lipinski definition) is 3. The lowest BCUT2D eigenvalue weighted by atomic mass is 9.98. The molecule has 4 aromatic rings. The van der Waals surface area contributed by atoms with Crippen LogP contribution in [0.15, 0.2) is 84.9 Å². The minimum atomic E-state index is -0.946. The summed E-state index contributed by atoms with van der Waals surface area (Å²) in [5.41, 5.74) is 4.58. The lowest BCUT2D eigenvalue weighted by Gasteiger charge is -2.25. The topological polar surface area (TPSA) is 98.7 Å². The van der Waals surface area contributed by atoms with Crippen LogP contribution in [-0.2, 0) is 11.2 Å². The number of carbonyl (C=O) groups excluding carboxylic acids is 2. The standard InChI is InChI=1S/C31H29N3O4/c1-20-5-2-3-6-27(20)33-31(38)32-26-14-8-21(9-15-26)17-29(35)34-16-4-7-28(34)24-12-10-23-19-25(30(36)37)13-11-22(23)18-24/h2-3,5-6,8-15,18-19,28H,4,7,16-17H2,1H3,(H,36,37)(H2,32,33,38). The van der Waals surface area contributed by atoms with Crippen molar-refractivity contribution in [3.63, 3.8) is 0 Å². The number of nitrogens with one attached hydrogen (secondary N) is 2. The van der Waals surface area contributed by atoms with Crippen LogP contribution < -0.4 is 10.6 Å². The van der Waals surface area contributed by atoms with E-state index in [0.717, 1.165) is 46.0 Å². The fourth-order valence-electron chi connectivity index (χ4n) is 5.00. The molecule has 1 aliphatic rings. The van der Waals surface area contributed by atoms with Crippen molar-refractivity contribution >= 4 is 40.1 Å². The molecule has 38 heavy (non-hydrogen) atoms. The summed E-state index contributed by atoms with van der Waals surface area (Å²) in [5, 5.41) is 16.7. The van der Waals surface area contributed by atoms with Gasteiger partial charge in [-0.25, -0.2) is 9.59 Å². The number of carboxylic acids is 1. The zero-order valence-electron chi connectivity index (χ0n) is 21.1. The number of nitrogens with zero attached hydrogens (tertiary/aromatic N) is 1. The minimum absolute atomic E-state index is 0.00266. The maximum atomic E-state index is 13.3. The van der Waals surface area contributed by atoms with Crippen LogP contribution in [0.5, 0.6) is 0 Å². The van der Waals surface area contributed by atoms with E-state index in [2.05, 4.69) is 16.7 Å². The zero-order valence-corrected chi connectivity index (χ0v) is 21.1. The summed E-state index contributed by atoms with van der Waals surface area (Å²) in [6, 6.07) is 25.7. The van der Waals surface area contributed by atoms with Gasteiger partial charge >= 0.3 is 12.0 Å². The number of fused-ring (bicyclic) bond motifs is 1. The molecule has 4 aromatic carbocycles. The van der Waals surface area contributed by atoms with Crippen molar-refractivity contribution in [1.29, 1.82) is 0 Å². The van der Waals surface area contributed by atoms with Crippen molar-refractivity contribution in [3.05, 3.63) is 107 Å². The molecule has 3 N–H and O–H groups in total. The number of carbonyl (C=O) groups is 3. The lowest BCUT2D eigenvalue weighted by Crippen LogP contribution is -2.31. The van der Waals surface area contributed by atoms with Gasteiger partial charge in [-0.05, 0) is 83.6 Å². The molecule has 1 aliphatic heterocycles. The molecular weight excluding hydrogens is 478 g/mol. The van der Waals surface area contributed by atoms with Gasteiger partial charge in [-0.3, -0.25) is 4.79 Å². The molecule has 1 heterocycles. The highest BCUT2D eigenvalue weighted by Crippen LogP contribution is 2.34. The van der Waals surface area contributed by atoms with E-state index >= 15 is 0 Å². The maximum absolute atomic E-state index is 13.3. The van der Waals surface area contributed by atoms with Crippen LogP contribution in [0.4, 0.5) is 16.2 Å². The van der Waals surface area contributed by atoms with Gasteiger partial charge in [0, 0.05) is 17.9 Å². The second-order valence-corrected chi connectivity index (χ2v) is 9.64. The van der Waals surface area contributed by atoms with Gasteiger partial charge in [0.1, 0.15) is 0 Å². The molecule has 0 saturated carbocycles. The molecule has 7 heteroatoms. The molecule has 1 atom stereocenters. The predicted molar refractivity (Wildman–Crippen MR) is 149 cm³/mol. The molecule has 5 rings (SSSR count). The molecule has 0 aliphatic carbocycles. The maximum Gasteiger partial charge on any atom is 0.335 e. The summed E-state index contributed by atoms with van der Waals surface area (Å²) < 4.78 is 0. The Kier molecular flexibility index (Phi) is 7.09. The first-order chi connectivity index (χ1) is 18.4. The molecule has 1 fully saturated rings. The van der Waals surface area contributed by atoms with E-state index in [1.807, 2.05) is 66.4 Å². The minimum Gasteiger partial charge on any atom is -0.478 e. The molecule has 1 unspecified atom stereocenters. The number of para-hydroxylation sites is 1. The Hall–Kier alpha value is -4.65. The summed E-state index contributed by atoms with van der Waals surface area (Å²) in [4.78, 5) is 38.8. The van der Waals surface area contributed by atoms with Gasteiger partial charge in [0.2, 0.25) is 5.91 Å². The monoisotopic (exact) mass is 507 g/mol. The number of anilines is 2. The number of rotatable bonds is 6. The van der Waals surface area contributed by atoms with Gasteiger partial charge in [0.15, 0.2) is 0 Å². The number of aromatic carboxylic acids is 1. The summed E-state index contributed by atoms with van der Waals surface area (Å²) in [7, 11) is 0. The highest BCUT2D eigenvalue weighted by molar-refractivity contribution is 6.00. The van der Waals surface area contributed by atoms with E-state index in [9.17, 15) is 19.5 Å². The normalized spacial score (nSPS) is 14.9. The lowest BCUT2D eigenvalue weighted by molar-refractivity contribution is -0.131. The number of urea groups is 1. The van der Waals surface area contributed by atoms with E-state index < -0.39 is 5.97 Å². The van der Waals surface area contributed by atoms with E-state index in [-0.39, 0.29) is 30.0 Å². The molecule has 1 saturated heterocycles. The number of aryl methyl sites for hydroxylation is 1. The molecular formula is C31H29N3O4. The Balaban J connectivity index is 1.22. The SMILES string of the molecule is Cc1ccccc1NC(=O)Nc1ccc(CC(=O)N2CCCC2c2ccc3cc(C(=O)O)ccc3c2)cc1. The molecule has 7 nitrogen and oxygen atoms in total. The van der Waals surface area contributed by atoms with Crippen LogP contribution in [0.1, 0.15) is 45.9 Å². The van der Waals surface area contributed by atoms with Gasteiger partial charge in [0.05, 0.1) is 18.0 Å². The summed E-state index contributed by atoms with van der Waals surface area (Å²) >= 11 is 0. The third-order valence-corrected chi connectivity index (χ3v) is 7.03. The molecule has 0 aromatic heterocycles. The van der Waals surface area contributed by atoms with E-state index in [0.29, 0.717) is 12.2 Å². The van der Waals surface area contributed by atoms with Crippen molar-refractivity contribution in [2.24, 2.45) is 0 Å². The molecule has 3 amide bonds. The average molecular weight is 508 g/mol. The summed E-state index contributed by atoms with van der Waals surface area (Å²) in [6.45, 7) is 2.64. The number of likely N-dealkylation sites (tertiary alicyclic amines) is 1. The zero-order chi connectivity index (χ0) is 26.6. The van der Waals surface area contributed by atoms with Gasteiger partial charge < -0.3 is 20.6 Å². The highest BCUT2D eigenvalue weighted by atomic mass is 16.4. The van der Waals surface area contributed by atoms with Gasteiger partial charge in [-0.2, -0.15) is 0 Å². The van der Waals surface area contributed by atoms with Crippen molar-refractivity contribution in [3.8, 4) is 0 Å². The summed E-state index contributed by atoms with van der Waals surface area (Å²) in [6.07, 6.45) is 2.11. The molecule has 0 bridgehead atoms. The Bertz CT molecular complexity index is 1510. The number of hydrogen-bond donors (Lipinski definition) is 3. The van der Waals surface area contributed by atoms with Crippen LogP contribution >= 0.6 is 0 Å². The van der Waals surface area contributed by atoms with Crippen molar-refractivity contribution in [1.82, 2.24) is 4.90 Å². The Morgan fingerprint density at radius 1 is 0.895 bits per heavy atom. The number of carboxylic acid groups (broad SMARTS) is 1. The predicted octanol–water partition coefficient (Wildman–Crippen LogP) is 6.40. The first-order valence-corrected chi connectivity index (χ1v) is 12.7. The average Bonchev–Trinajstić information content (AvgIpc) is 3.41. The van der Waals surface area contributed by atoms with Crippen LogP contribution in [0, 0.1) is 6.92 Å². The van der Waals surface area contributed by atoms with Crippen LogP contribution in [0.25, 0.3) is 10.8 Å². The molecule has 192 valence electrons. The summed E-state index contributed by atoms with van der Waals surface area (Å²) in [5.74, 6) is -0.885. The largest absolute Gasteiger partial charge is 0.478 e. The first-order valence-electron chi connectivity index (χ1n) is 12.7. The van der Waals surface area contributed by atoms with Crippen LogP contribution in [0.3, 0.4) is 0 Å². The fourth-order valence-corrected chi connectivity index (χ4v) is 5.00.